The van der Waals surface area contributed by atoms with Gasteiger partial charge < -0.3 is 14.9 Å². The van der Waals surface area contributed by atoms with Crippen molar-refractivity contribution in [1.29, 1.82) is 0 Å². The lowest BCUT2D eigenvalue weighted by atomic mass is 10.3. The van der Waals surface area contributed by atoms with Crippen molar-refractivity contribution in [3.05, 3.63) is 17.0 Å². The maximum atomic E-state index is 12.2. The van der Waals surface area contributed by atoms with Crippen molar-refractivity contribution in [2.24, 2.45) is 0 Å². The molecule has 0 aliphatic heterocycles. The van der Waals surface area contributed by atoms with Gasteiger partial charge in [-0.15, -0.1) is 11.3 Å². The molecule has 0 unspecified atom stereocenters. The average molecular weight is 313 g/mol. The van der Waals surface area contributed by atoms with Crippen molar-refractivity contribution < 1.29 is 19.5 Å². The van der Waals surface area contributed by atoms with Crippen molar-refractivity contribution in [1.82, 2.24) is 9.80 Å². The topological polar surface area (TPSA) is 90.0 Å². The van der Waals surface area contributed by atoms with E-state index in [0.717, 1.165) is 11.3 Å². The van der Waals surface area contributed by atoms with Gasteiger partial charge in [-0.3, -0.25) is 10.1 Å². The van der Waals surface area contributed by atoms with Gasteiger partial charge >= 0.3 is 12.0 Å². The third kappa shape index (κ3) is 4.75. The number of nitrogens with zero attached hydrogens (tertiary/aromatic N) is 2. The zero-order valence-corrected chi connectivity index (χ0v) is 13.1. The van der Waals surface area contributed by atoms with E-state index in [4.69, 9.17) is 5.11 Å². The van der Waals surface area contributed by atoms with E-state index < -0.39 is 12.0 Å². The van der Waals surface area contributed by atoms with Gasteiger partial charge in [0.1, 0.15) is 11.5 Å². The van der Waals surface area contributed by atoms with Gasteiger partial charge in [0, 0.05) is 20.6 Å². The molecule has 1 aromatic rings. The first kappa shape index (κ1) is 17.0. The van der Waals surface area contributed by atoms with Crippen LogP contribution in [0.1, 0.15) is 23.7 Å². The highest BCUT2D eigenvalue weighted by atomic mass is 32.1. The van der Waals surface area contributed by atoms with Gasteiger partial charge in [-0.25, -0.2) is 9.59 Å². The number of urea groups is 1. The number of nitrogens with one attached hydrogen (secondary N) is 1. The number of carboxylic acids is 1. The van der Waals surface area contributed by atoms with Crippen molar-refractivity contribution in [3.63, 3.8) is 0 Å². The number of hydrogen-bond donors (Lipinski definition) is 2. The number of rotatable bonds is 6. The molecule has 0 saturated carbocycles. The third-order valence-electron chi connectivity index (χ3n) is 2.72. The molecule has 2 N–H and O–H groups in total. The van der Waals surface area contributed by atoms with E-state index in [9.17, 15) is 14.4 Å². The van der Waals surface area contributed by atoms with Crippen LogP contribution in [0.25, 0.3) is 0 Å². The van der Waals surface area contributed by atoms with E-state index in [1.165, 1.54) is 15.9 Å². The first-order valence-corrected chi connectivity index (χ1v) is 7.31. The molecule has 1 aromatic heterocycles. The van der Waals surface area contributed by atoms with Gasteiger partial charge in [-0.2, -0.15) is 0 Å². The summed E-state index contributed by atoms with van der Waals surface area (Å²) in [5.74, 6) is -1.29. The quantitative estimate of drug-likeness (QED) is 0.837. The standard InChI is InChI=1S/C13H19N3O4S/c1-4-6-16(8-10(17)15(2)3)13(20)14-11-9(12(18)19)5-7-21-11/h5,7H,4,6,8H2,1-3H3,(H,14,20)(H,18,19). The fraction of sp³-hybridized carbons (Fsp3) is 0.462. The molecule has 0 aliphatic rings. The minimum atomic E-state index is -1.10. The van der Waals surface area contributed by atoms with E-state index in [0.29, 0.717) is 13.0 Å². The minimum absolute atomic E-state index is 0.0412. The summed E-state index contributed by atoms with van der Waals surface area (Å²) in [5.41, 5.74) is 0.0451. The number of carbonyl (C=O) groups is 3. The molecule has 0 radical (unpaired) electrons. The molecule has 0 atom stereocenters. The second kappa shape index (κ2) is 7.63. The molecule has 0 aromatic carbocycles. The van der Waals surface area contributed by atoms with Crippen LogP contribution >= 0.6 is 11.3 Å². The highest BCUT2D eigenvalue weighted by Gasteiger charge is 2.20. The van der Waals surface area contributed by atoms with Crippen LogP contribution in [-0.2, 0) is 4.79 Å². The van der Waals surface area contributed by atoms with Crippen LogP contribution in [0, 0.1) is 0 Å². The monoisotopic (exact) mass is 313 g/mol. The zero-order chi connectivity index (χ0) is 16.0. The molecule has 0 bridgehead atoms. The van der Waals surface area contributed by atoms with Crippen LogP contribution in [0.4, 0.5) is 9.80 Å². The summed E-state index contributed by atoms with van der Waals surface area (Å²) in [5, 5.41) is 13.4. The van der Waals surface area contributed by atoms with Crippen LogP contribution in [0.5, 0.6) is 0 Å². The van der Waals surface area contributed by atoms with Gasteiger partial charge in [0.2, 0.25) is 5.91 Å². The molecule has 0 saturated heterocycles. The largest absolute Gasteiger partial charge is 0.478 e. The first-order chi connectivity index (χ1) is 9.86. The second-order valence-electron chi connectivity index (χ2n) is 4.61. The Morgan fingerprint density at radius 3 is 2.52 bits per heavy atom. The molecule has 3 amide bonds. The summed E-state index contributed by atoms with van der Waals surface area (Å²) in [6.07, 6.45) is 0.699. The van der Waals surface area contributed by atoms with Crippen molar-refractivity contribution in [3.8, 4) is 0 Å². The number of carbonyl (C=O) groups excluding carboxylic acids is 2. The maximum absolute atomic E-state index is 12.2. The van der Waals surface area contributed by atoms with Crippen LogP contribution < -0.4 is 5.32 Å². The third-order valence-corrected chi connectivity index (χ3v) is 3.55. The van der Waals surface area contributed by atoms with Gasteiger partial charge in [-0.1, -0.05) is 6.92 Å². The molecule has 0 spiro atoms. The van der Waals surface area contributed by atoms with E-state index in [1.54, 1.807) is 19.5 Å². The number of amides is 3. The molecule has 7 nitrogen and oxygen atoms in total. The normalized spacial score (nSPS) is 10.0. The van der Waals surface area contributed by atoms with Gasteiger partial charge in [0.25, 0.3) is 0 Å². The number of hydrogen-bond acceptors (Lipinski definition) is 4. The van der Waals surface area contributed by atoms with E-state index >= 15 is 0 Å². The second-order valence-corrected chi connectivity index (χ2v) is 5.52. The molecular formula is C13H19N3O4S. The lowest BCUT2D eigenvalue weighted by molar-refractivity contribution is -0.129. The molecule has 116 valence electrons. The molecule has 21 heavy (non-hydrogen) atoms. The minimum Gasteiger partial charge on any atom is -0.478 e. The summed E-state index contributed by atoms with van der Waals surface area (Å²) in [4.78, 5) is 37.7. The Morgan fingerprint density at radius 1 is 1.33 bits per heavy atom. The Labute approximate surface area is 127 Å². The Hall–Kier alpha value is -2.09. The number of likely N-dealkylation sites (N-methyl/N-ethyl adjacent to an activating group) is 1. The molecule has 0 fully saturated rings. The van der Waals surface area contributed by atoms with Gasteiger partial charge in [0.15, 0.2) is 0 Å². The maximum Gasteiger partial charge on any atom is 0.338 e. The van der Waals surface area contributed by atoms with Crippen LogP contribution in [0.15, 0.2) is 11.4 Å². The smallest absolute Gasteiger partial charge is 0.338 e. The lowest BCUT2D eigenvalue weighted by Crippen LogP contribution is -2.42. The molecule has 0 aliphatic carbocycles. The Kier molecular flexibility index (Phi) is 6.16. The van der Waals surface area contributed by atoms with E-state index in [1.807, 2.05) is 6.92 Å². The molecule has 1 rings (SSSR count). The number of anilines is 1. The number of carboxylic acid groups (broad SMARTS) is 1. The Bertz CT molecular complexity index is 527. The highest BCUT2D eigenvalue weighted by Crippen LogP contribution is 2.23. The Morgan fingerprint density at radius 2 is 2.00 bits per heavy atom. The van der Waals surface area contributed by atoms with Gasteiger partial charge in [-0.05, 0) is 17.9 Å². The fourth-order valence-electron chi connectivity index (χ4n) is 1.58. The van der Waals surface area contributed by atoms with E-state index in [-0.39, 0.29) is 23.0 Å². The fourth-order valence-corrected chi connectivity index (χ4v) is 2.35. The van der Waals surface area contributed by atoms with Crippen molar-refractivity contribution in [2.75, 3.05) is 32.5 Å². The summed E-state index contributed by atoms with van der Waals surface area (Å²) in [7, 11) is 3.23. The number of thiophene rings is 1. The first-order valence-electron chi connectivity index (χ1n) is 6.43. The van der Waals surface area contributed by atoms with Crippen LogP contribution in [0.2, 0.25) is 0 Å². The molecular weight excluding hydrogens is 294 g/mol. The average Bonchev–Trinajstić information content (AvgIpc) is 2.86. The number of aromatic carboxylic acids is 1. The van der Waals surface area contributed by atoms with E-state index in [2.05, 4.69) is 5.32 Å². The van der Waals surface area contributed by atoms with Crippen LogP contribution in [0.3, 0.4) is 0 Å². The SMILES string of the molecule is CCCN(CC(=O)N(C)C)C(=O)Nc1sccc1C(=O)O. The lowest BCUT2D eigenvalue weighted by Gasteiger charge is -2.23. The van der Waals surface area contributed by atoms with Crippen molar-refractivity contribution in [2.45, 2.75) is 13.3 Å². The predicted molar refractivity (Wildman–Crippen MR) is 80.9 cm³/mol. The van der Waals surface area contributed by atoms with Gasteiger partial charge in [0.05, 0.1) is 5.56 Å². The van der Waals surface area contributed by atoms with Crippen molar-refractivity contribution >= 4 is 34.2 Å². The highest BCUT2D eigenvalue weighted by molar-refractivity contribution is 7.14. The summed E-state index contributed by atoms with van der Waals surface area (Å²) in [6, 6.07) is 0.953. The zero-order valence-electron chi connectivity index (χ0n) is 12.3. The predicted octanol–water partition coefficient (Wildman–Crippen LogP) is 1.78. The summed E-state index contributed by atoms with van der Waals surface area (Å²) >= 11 is 1.13. The molecule has 1 heterocycles. The Balaban J connectivity index is 2.79. The summed E-state index contributed by atoms with van der Waals surface area (Å²) in [6.45, 7) is 2.27. The van der Waals surface area contributed by atoms with Crippen LogP contribution in [-0.4, -0.2) is 60.0 Å². The molecule has 8 heteroatoms. The summed E-state index contributed by atoms with van der Waals surface area (Å²) < 4.78 is 0.